The minimum absolute atomic E-state index is 0.699. The third-order valence-corrected chi connectivity index (χ3v) is 4.04. The van der Waals surface area contributed by atoms with Crippen LogP contribution in [0.5, 0.6) is 5.75 Å². The molecule has 2 aromatic carbocycles. The van der Waals surface area contributed by atoms with Crippen molar-refractivity contribution in [1.29, 1.82) is 0 Å². The summed E-state index contributed by atoms with van der Waals surface area (Å²) in [5, 5.41) is 0. The normalized spacial score (nSPS) is 10.9. The molecule has 5 heteroatoms. The topological polar surface area (TPSA) is 29.9 Å². The van der Waals surface area contributed by atoms with Crippen LogP contribution in [0, 0.1) is 4.77 Å². The number of nitrogens with one attached hydrogen (secondary N) is 1. The van der Waals surface area contributed by atoms with E-state index >= 15 is 0 Å². The molecular formula is C15H13BrN2OS. The Kier molecular flexibility index (Phi) is 3.63. The fourth-order valence-corrected chi connectivity index (χ4v) is 3.01. The van der Waals surface area contributed by atoms with Gasteiger partial charge in [-0.1, -0.05) is 34.1 Å². The van der Waals surface area contributed by atoms with Gasteiger partial charge in [0.05, 0.1) is 19.2 Å². The molecule has 0 aliphatic heterocycles. The lowest BCUT2D eigenvalue weighted by Crippen LogP contribution is -1.99. The number of hydrogen-bond acceptors (Lipinski definition) is 2. The summed E-state index contributed by atoms with van der Waals surface area (Å²) in [6.45, 7) is 0.728. The van der Waals surface area contributed by atoms with Gasteiger partial charge in [-0.25, -0.2) is 0 Å². The van der Waals surface area contributed by atoms with Crippen LogP contribution in [0.2, 0.25) is 0 Å². The first-order valence-electron chi connectivity index (χ1n) is 6.19. The molecule has 3 aromatic rings. The summed E-state index contributed by atoms with van der Waals surface area (Å²) in [5.74, 6) is 0.807. The summed E-state index contributed by atoms with van der Waals surface area (Å²) in [6, 6.07) is 14.2. The van der Waals surface area contributed by atoms with E-state index in [1.165, 1.54) is 5.56 Å². The molecule has 1 aromatic heterocycles. The van der Waals surface area contributed by atoms with Gasteiger partial charge in [0.25, 0.3) is 0 Å². The average Bonchev–Trinajstić information content (AvgIpc) is 2.75. The number of nitrogens with zero attached hydrogens (tertiary/aromatic N) is 1. The third-order valence-electron chi connectivity index (χ3n) is 3.22. The quantitative estimate of drug-likeness (QED) is 0.705. The maximum absolute atomic E-state index is 5.43. The van der Waals surface area contributed by atoms with Crippen LogP contribution >= 0.6 is 28.1 Å². The Labute approximate surface area is 130 Å². The molecule has 3 nitrogen and oxygen atoms in total. The molecule has 0 aliphatic carbocycles. The Bertz CT molecular complexity index is 822. The molecule has 0 saturated heterocycles. The van der Waals surface area contributed by atoms with Crippen molar-refractivity contribution in [1.82, 2.24) is 9.55 Å². The van der Waals surface area contributed by atoms with Crippen LogP contribution in [-0.4, -0.2) is 16.7 Å². The number of hydrogen-bond donors (Lipinski definition) is 1. The number of rotatable bonds is 3. The molecule has 0 aliphatic rings. The van der Waals surface area contributed by atoms with E-state index in [2.05, 4.69) is 37.6 Å². The molecule has 0 unspecified atom stereocenters. The van der Waals surface area contributed by atoms with Gasteiger partial charge in [-0.15, -0.1) is 0 Å². The van der Waals surface area contributed by atoms with Gasteiger partial charge in [0.1, 0.15) is 11.3 Å². The molecular weight excluding hydrogens is 336 g/mol. The van der Waals surface area contributed by atoms with Gasteiger partial charge in [-0.2, -0.15) is 0 Å². The number of H-pyrrole nitrogens is 1. The Balaban J connectivity index is 2.12. The molecule has 0 spiro atoms. The maximum atomic E-state index is 5.43. The number of methoxy groups -OCH3 is 1. The Morgan fingerprint density at radius 1 is 1.25 bits per heavy atom. The first-order valence-corrected chi connectivity index (χ1v) is 7.39. The molecule has 0 amide bonds. The van der Waals surface area contributed by atoms with Crippen LogP contribution in [0.3, 0.4) is 0 Å². The summed E-state index contributed by atoms with van der Waals surface area (Å²) >= 11 is 8.93. The Morgan fingerprint density at radius 2 is 2.05 bits per heavy atom. The highest BCUT2D eigenvalue weighted by Gasteiger charge is 2.09. The predicted octanol–water partition coefficient (Wildman–Crippen LogP) is 4.52. The van der Waals surface area contributed by atoms with Gasteiger partial charge < -0.3 is 14.3 Å². The minimum Gasteiger partial charge on any atom is -0.494 e. The van der Waals surface area contributed by atoms with Crippen molar-refractivity contribution in [3.05, 3.63) is 57.3 Å². The van der Waals surface area contributed by atoms with E-state index in [9.17, 15) is 0 Å². The van der Waals surface area contributed by atoms with Crippen molar-refractivity contribution in [3.8, 4) is 5.75 Å². The zero-order valence-corrected chi connectivity index (χ0v) is 13.3. The van der Waals surface area contributed by atoms with E-state index in [0.717, 1.165) is 27.8 Å². The number of halogens is 1. The van der Waals surface area contributed by atoms with Crippen molar-refractivity contribution in [2.75, 3.05) is 7.11 Å². The van der Waals surface area contributed by atoms with Crippen LogP contribution in [0.25, 0.3) is 11.0 Å². The summed E-state index contributed by atoms with van der Waals surface area (Å²) in [5.41, 5.74) is 3.18. The maximum Gasteiger partial charge on any atom is 0.178 e. The predicted molar refractivity (Wildman–Crippen MR) is 86.9 cm³/mol. The lowest BCUT2D eigenvalue weighted by atomic mass is 10.2. The summed E-state index contributed by atoms with van der Waals surface area (Å²) in [6.07, 6.45) is 0. The number of fused-ring (bicyclic) bond motifs is 1. The second-order valence-corrected chi connectivity index (χ2v) is 5.80. The number of para-hydroxylation sites is 1. The molecule has 102 valence electrons. The van der Waals surface area contributed by atoms with Crippen molar-refractivity contribution in [2.45, 2.75) is 6.54 Å². The van der Waals surface area contributed by atoms with Gasteiger partial charge in [0.2, 0.25) is 0 Å². The van der Waals surface area contributed by atoms with E-state index in [-0.39, 0.29) is 0 Å². The molecule has 0 radical (unpaired) electrons. The number of ether oxygens (including phenoxy) is 1. The van der Waals surface area contributed by atoms with Crippen molar-refractivity contribution >= 4 is 39.2 Å². The molecule has 1 heterocycles. The molecule has 1 N–H and O–H groups in total. The number of benzene rings is 2. The number of imidazole rings is 1. The van der Waals surface area contributed by atoms with Crippen LogP contribution in [0.15, 0.2) is 46.9 Å². The lowest BCUT2D eigenvalue weighted by molar-refractivity contribution is 0.419. The summed E-state index contributed by atoms with van der Waals surface area (Å²) < 4.78 is 9.21. The third kappa shape index (κ3) is 2.39. The van der Waals surface area contributed by atoms with Gasteiger partial charge in [-0.05, 0) is 42.0 Å². The van der Waals surface area contributed by atoms with E-state index < -0.39 is 0 Å². The molecule has 3 rings (SSSR count). The van der Waals surface area contributed by atoms with Gasteiger partial charge >= 0.3 is 0 Å². The van der Waals surface area contributed by atoms with Gasteiger partial charge in [0.15, 0.2) is 4.77 Å². The van der Waals surface area contributed by atoms with Crippen molar-refractivity contribution < 1.29 is 4.74 Å². The van der Waals surface area contributed by atoms with Gasteiger partial charge in [-0.3, -0.25) is 0 Å². The smallest absolute Gasteiger partial charge is 0.178 e. The van der Waals surface area contributed by atoms with E-state index in [1.54, 1.807) is 7.11 Å². The second kappa shape index (κ2) is 5.42. The first-order chi connectivity index (χ1) is 9.69. The van der Waals surface area contributed by atoms with E-state index in [1.807, 2.05) is 30.3 Å². The number of aromatic amines is 1. The van der Waals surface area contributed by atoms with Crippen LogP contribution in [0.1, 0.15) is 5.56 Å². The summed E-state index contributed by atoms with van der Waals surface area (Å²) in [7, 11) is 1.66. The zero-order chi connectivity index (χ0) is 14.1. The fourth-order valence-electron chi connectivity index (χ4n) is 2.30. The van der Waals surface area contributed by atoms with E-state index in [4.69, 9.17) is 17.0 Å². The SMILES string of the molecule is COc1cccc2c1[nH]c(=S)n2Cc1cccc(Br)c1. The zero-order valence-electron chi connectivity index (χ0n) is 10.9. The van der Waals surface area contributed by atoms with Crippen molar-refractivity contribution in [2.24, 2.45) is 0 Å². The monoisotopic (exact) mass is 348 g/mol. The first kappa shape index (κ1) is 13.4. The Morgan fingerprint density at radius 3 is 2.80 bits per heavy atom. The van der Waals surface area contributed by atoms with Crippen LogP contribution in [0.4, 0.5) is 0 Å². The van der Waals surface area contributed by atoms with Crippen molar-refractivity contribution in [3.63, 3.8) is 0 Å². The highest BCUT2D eigenvalue weighted by Crippen LogP contribution is 2.25. The van der Waals surface area contributed by atoms with E-state index in [0.29, 0.717) is 4.77 Å². The summed E-state index contributed by atoms with van der Waals surface area (Å²) in [4.78, 5) is 3.22. The minimum atomic E-state index is 0.699. The molecule has 0 atom stereocenters. The highest BCUT2D eigenvalue weighted by molar-refractivity contribution is 9.10. The fraction of sp³-hybridized carbons (Fsp3) is 0.133. The molecule has 0 saturated carbocycles. The largest absolute Gasteiger partial charge is 0.494 e. The number of aromatic nitrogens is 2. The molecule has 0 fully saturated rings. The highest BCUT2D eigenvalue weighted by atomic mass is 79.9. The lowest BCUT2D eigenvalue weighted by Gasteiger charge is -2.06. The molecule has 20 heavy (non-hydrogen) atoms. The molecule has 0 bridgehead atoms. The average molecular weight is 349 g/mol. The standard InChI is InChI=1S/C15H13BrN2OS/c1-19-13-7-3-6-12-14(13)17-15(20)18(12)9-10-4-2-5-11(16)8-10/h2-8H,9H2,1H3,(H,17,20). The van der Waals surface area contributed by atoms with Crippen LogP contribution < -0.4 is 4.74 Å². The second-order valence-electron chi connectivity index (χ2n) is 4.50. The van der Waals surface area contributed by atoms with Crippen LogP contribution in [-0.2, 0) is 6.54 Å². The van der Waals surface area contributed by atoms with Gasteiger partial charge in [0, 0.05) is 4.47 Å². The Hall–Kier alpha value is -1.59.